The molecule has 2 aromatic carbocycles. The third kappa shape index (κ3) is 3.40. The standard InChI is InChI=1S/C25H22N2O4/c1-30-20-10-8-18(9-11-20)22-23(26-13-12-17-5-2-3-6-19(17)15-26)25(29)27(24(22)28)16-21-7-4-14-31-21/h2-11,14H,12-13,15-16H2,1H3. The molecule has 3 aromatic rings. The number of amides is 2. The predicted octanol–water partition coefficient (Wildman–Crippen LogP) is 3.63. The lowest BCUT2D eigenvalue weighted by Crippen LogP contribution is -2.37. The van der Waals surface area contributed by atoms with Gasteiger partial charge in [-0.1, -0.05) is 36.4 Å². The Hall–Kier alpha value is -3.80. The van der Waals surface area contributed by atoms with Gasteiger partial charge in [0.05, 0.1) is 25.5 Å². The Bertz CT molecular complexity index is 1160. The van der Waals surface area contributed by atoms with Crippen LogP contribution >= 0.6 is 0 Å². The SMILES string of the molecule is COc1ccc(C2=C(N3CCc4ccccc4C3)C(=O)N(Cc3ccco3)C2=O)cc1. The highest BCUT2D eigenvalue weighted by molar-refractivity contribution is 6.35. The van der Waals surface area contributed by atoms with Crippen LogP contribution in [0.15, 0.2) is 77.0 Å². The lowest BCUT2D eigenvalue weighted by atomic mass is 9.98. The van der Waals surface area contributed by atoms with Crippen LogP contribution in [-0.4, -0.2) is 35.3 Å². The molecule has 2 amide bonds. The van der Waals surface area contributed by atoms with Crippen LogP contribution in [0.4, 0.5) is 0 Å². The van der Waals surface area contributed by atoms with E-state index in [-0.39, 0.29) is 18.4 Å². The summed E-state index contributed by atoms with van der Waals surface area (Å²) in [5.74, 6) is 0.676. The second kappa shape index (κ2) is 7.80. The van der Waals surface area contributed by atoms with E-state index in [0.717, 1.165) is 6.42 Å². The van der Waals surface area contributed by atoms with Gasteiger partial charge in [0.15, 0.2) is 0 Å². The highest BCUT2D eigenvalue weighted by Crippen LogP contribution is 2.35. The van der Waals surface area contributed by atoms with Crippen molar-refractivity contribution >= 4 is 17.4 Å². The topological polar surface area (TPSA) is 63.0 Å². The summed E-state index contributed by atoms with van der Waals surface area (Å²) in [7, 11) is 1.60. The monoisotopic (exact) mass is 414 g/mol. The Labute approximate surface area is 180 Å². The molecule has 0 saturated carbocycles. The van der Waals surface area contributed by atoms with E-state index in [1.54, 1.807) is 37.6 Å². The Morgan fingerprint density at radius 1 is 0.935 bits per heavy atom. The molecule has 31 heavy (non-hydrogen) atoms. The van der Waals surface area contributed by atoms with Crippen molar-refractivity contribution < 1.29 is 18.7 Å². The molecule has 0 spiro atoms. The van der Waals surface area contributed by atoms with E-state index in [0.29, 0.717) is 41.4 Å². The minimum absolute atomic E-state index is 0.109. The quantitative estimate of drug-likeness (QED) is 0.597. The van der Waals surface area contributed by atoms with Crippen molar-refractivity contribution in [2.24, 2.45) is 0 Å². The zero-order valence-corrected chi connectivity index (χ0v) is 17.2. The van der Waals surface area contributed by atoms with Gasteiger partial charge >= 0.3 is 0 Å². The van der Waals surface area contributed by atoms with Gasteiger partial charge in [-0.25, -0.2) is 0 Å². The van der Waals surface area contributed by atoms with Gasteiger partial charge < -0.3 is 14.1 Å². The summed E-state index contributed by atoms with van der Waals surface area (Å²) < 4.78 is 10.6. The molecule has 0 atom stereocenters. The molecule has 0 aliphatic carbocycles. The highest BCUT2D eigenvalue weighted by atomic mass is 16.5. The summed E-state index contributed by atoms with van der Waals surface area (Å²) in [5, 5.41) is 0. The number of rotatable bonds is 5. The molecule has 2 aliphatic heterocycles. The smallest absolute Gasteiger partial charge is 0.278 e. The van der Waals surface area contributed by atoms with Crippen LogP contribution in [0.5, 0.6) is 5.75 Å². The zero-order valence-electron chi connectivity index (χ0n) is 17.2. The van der Waals surface area contributed by atoms with Gasteiger partial charge in [0.25, 0.3) is 11.8 Å². The maximum atomic E-state index is 13.5. The van der Waals surface area contributed by atoms with Gasteiger partial charge in [-0.05, 0) is 47.4 Å². The third-order valence-electron chi connectivity index (χ3n) is 5.86. The van der Waals surface area contributed by atoms with E-state index in [4.69, 9.17) is 9.15 Å². The van der Waals surface area contributed by atoms with Crippen LogP contribution in [0, 0.1) is 0 Å². The zero-order chi connectivity index (χ0) is 21.4. The number of nitrogens with zero attached hydrogens (tertiary/aromatic N) is 2. The number of furan rings is 1. The molecule has 156 valence electrons. The third-order valence-corrected chi connectivity index (χ3v) is 5.86. The summed E-state index contributed by atoms with van der Waals surface area (Å²) in [6.07, 6.45) is 2.37. The summed E-state index contributed by atoms with van der Waals surface area (Å²) in [4.78, 5) is 30.2. The van der Waals surface area contributed by atoms with Crippen LogP contribution in [0.25, 0.3) is 5.57 Å². The lowest BCUT2D eigenvalue weighted by molar-refractivity contribution is -0.138. The maximum absolute atomic E-state index is 13.5. The van der Waals surface area contributed by atoms with Gasteiger partial charge in [0, 0.05) is 13.1 Å². The average molecular weight is 414 g/mol. The van der Waals surface area contributed by atoms with Crippen molar-refractivity contribution in [3.8, 4) is 5.75 Å². The minimum atomic E-state index is -0.305. The van der Waals surface area contributed by atoms with Gasteiger partial charge in [-0.2, -0.15) is 0 Å². The first-order chi connectivity index (χ1) is 15.2. The molecule has 5 rings (SSSR count). The van der Waals surface area contributed by atoms with Crippen LogP contribution in [-0.2, 0) is 29.1 Å². The molecule has 2 aliphatic rings. The van der Waals surface area contributed by atoms with Gasteiger partial charge in [-0.3, -0.25) is 14.5 Å². The van der Waals surface area contributed by atoms with Crippen molar-refractivity contribution in [2.75, 3.05) is 13.7 Å². The van der Waals surface area contributed by atoms with Crippen LogP contribution in [0.3, 0.4) is 0 Å². The van der Waals surface area contributed by atoms with E-state index in [9.17, 15) is 9.59 Å². The fraction of sp³-hybridized carbons (Fsp3) is 0.200. The number of ether oxygens (including phenoxy) is 1. The average Bonchev–Trinajstić information content (AvgIpc) is 3.41. The van der Waals surface area contributed by atoms with Gasteiger partial charge in [0.1, 0.15) is 17.2 Å². The van der Waals surface area contributed by atoms with E-state index in [1.807, 2.05) is 29.2 Å². The van der Waals surface area contributed by atoms with Crippen molar-refractivity contribution in [2.45, 2.75) is 19.5 Å². The molecule has 0 unspecified atom stereocenters. The number of fused-ring (bicyclic) bond motifs is 1. The summed E-state index contributed by atoms with van der Waals surface area (Å²) >= 11 is 0. The molecule has 6 nitrogen and oxygen atoms in total. The highest BCUT2D eigenvalue weighted by Gasteiger charge is 2.42. The number of hydrogen-bond acceptors (Lipinski definition) is 5. The fourth-order valence-electron chi connectivity index (χ4n) is 4.26. The molecular weight excluding hydrogens is 392 g/mol. The van der Waals surface area contributed by atoms with Crippen molar-refractivity contribution in [3.05, 3.63) is 95.1 Å². The van der Waals surface area contributed by atoms with Crippen molar-refractivity contribution in [3.63, 3.8) is 0 Å². The molecule has 0 saturated heterocycles. The van der Waals surface area contributed by atoms with Gasteiger partial charge in [0.2, 0.25) is 0 Å². The first-order valence-electron chi connectivity index (χ1n) is 10.2. The molecule has 6 heteroatoms. The van der Waals surface area contributed by atoms with Gasteiger partial charge in [-0.15, -0.1) is 0 Å². The summed E-state index contributed by atoms with van der Waals surface area (Å²) in [6, 6.07) is 19.0. The molecular formula is C25H22N2O4. The predicted molar refractivity (Wildman–Crippen MR) is 115 cm³/mol. The number of methoxy groups -OCH3 is 1. The summed E-state index contributed by atoms with van der Waals surface area (Å²) in [6.45, 7) is 1.39. The second-order valence-electron chi connectivity index (χ2n) is 7.67. The Morgan fingerprint density at radius 3 is 2.42 bits per heavy atom. The fourth-order valence-corrected chi connectivity index (χ4v) is 4.26. The van der Waals surface area contributed by atoms with E-state index < -0.39 is 0 Å². The van der Waals surface area contributed by atoms with E-state index in [1.165, 1.54) is 16.0 Å². The lowest BCUT2D eigenvalue weighted by Gasteiger charge is -2.31. The summed E-state index contributed by atoms with van der Waals surface area (Å²) in [5.41, 5.74) is 4.05. The first kappa shape index (κ1) is 19.2. The van der Waals surface area contributed by atoms with Crippen LogP contribution in [0.2, 0.25) is 0 Å². The molecule has 3 heterocycles. The second-order valence-corrected chi connectivity index (χ2v) is 7.67. The number of benzene rings is 2. The number of hydrogen-bond donors (Lipinski definition) is 0. The molecule has 0 N–H and O–H groups in total. The normalized spacial score (nSPS) is 16.2. The van der Waals surface area contributed by atoms with Crippen molar-refractivity contribution in [1.29, 1.82) is 0 Å². The Morgan fingerprint density at radius 2 is 1.71 bits per heavy atom. The number of carbonyl (C=O) groups excluding carboxylic acids is 2. The Balaban J connectivity index is 1.56. The molecule has 0 radical (unpaired) electrons. The van der Waals surface area contributed by atoms with Crippen molar-refractivity contribution in [1.82, 2.24) is 9.80 Å². The Kier molecular flexibility index (Phi) is 4.82. The molecule has 0 fully saturated rings. The molecule has 0 bridgehead atoms. The minimum Gasteiger partial charge on any atom is -0.497 e. The number of imide groups is 1. The first-order valence-corrected chi connectivity index (χ1v) is 10.2. The number of carbonyl (C=O) groups is 2. The van der Waals surface area contributed by atoms with Crippen LogP contribution < -0.4 is 4.74 Å². The van der Waals surface area contributed by atoms with Crippen LogP contribution in [0.1, 0.15) is 22.5 Å². The largest absolute Gasteiger partial charge is 0.497 e. The van der Waals surface area contributed by atoms with E-state index in [2.05, 4.69) is 12.1 Å². The maximum Gasteiger partial charge on any atom is 0.278 e. The van der Waals surface area contributed by atoms with E-state index >= 15 is 0 Å². The molecule has 1 aromatic heterocycles.